The Hall–Kier alpha value is -3.13. The first-order chi connectivity index (χ1) is 15.0. The molecule has 1 aliphatic heterocycles. The van der Waals surface area contributed by atoms with E-state index in [1.54, 1.807) is 43.5 Å². The number of methoxy groups -OCH3 is 2. The van der Waals surface area contributed by atoms with Crippen molar-refractivity contribution < 1.29 is 18.7 Å². The number of likely N-dealkylation sites (tertiary alicyclic amines) is 1. The van der Waals surface area contributed by atoms with Crippen LogP contribution >= 0.6 is 11.3 Å². The van der Waals surface area contributed by atoms with E-state index >= 15 is 4.39 Å². The van der Waals surface area contributed by atoms with Crippen molar-refractivity contribution in [3.8, 4) is 11.5 Å². The van der Waals surface area contributed by atoms with Crippen LogP contribution in [0.4, 0.5) is 14.9 Å². The van der Waals surface area contributed by atoms with E-state index in [0.717, 1.165) is 10.6 Å². The summed E-state index contributed by atoms with van der Waals surface area (Å²) in [5.74, 6) is 0.868. The molecule has 8 heteroatoms. The van der Waals surface area contributed by atoms with Gasteiger partial charge in [0, 0.05) is 36.3 Å². The monoisotopic (exact) mass is 441 g/mol. The van der Waals surface area contributed by atoms with Crippen molar-refractivity contribution >= 4 is 23.1 Å². The van der Waals surface area contributed by atoms with Gasteiger partial charge in [-0.1, -0.05) is 12.1 Å². The Bertz CT molecular complexity index is 1090. The molecule has 1 unspecified atom stereocenters. The Morgan fingerprint density at radius 2 is 2.06 bits per heavy atom. The van der Waals surface area contributed by atoms with Crippen LogP contribution in [0.2, 0.25) is 0 Å². The minimum absolute atomic E-state index is 0.271. The van der Waals surface area contributed by atoms with Crippen LogP contribution in [-0.4, -0.2) is 43.2 Å². The molecule has 0 spiro atoms. The lowest BCUT2D eigenvalue weighted by molar-refractivity contribution is 0.220. The average Bonchev–Trinajstić information content (AvgIpc) is 3.44. The molecular formula is C23H24FN3O3S. The van der Waals surface area contributed by atoms with Crippen molar-refractivity contribution in [2.45, 2.75) is 18.8 Å². The van der Waals surface area contributed by atoms with E-state index in [-0.39, 0.29) is 11.8 Å². The molecule has 3 aromatic rings. The van der Waals surface area contributed by atoms with Crippen molar-refractivity contribution in [2.75, 3.05) is 32.6 Å². The van der Waals surface area contributed by atoms with Crippen LogP contribution in [-0.2, 0) is 5.41 Å². The predicted molar refractivity (Wildman–Crippen MR) is 119 cm³/mol. The number of rotatable bonds is 5. The predicted octanol–water partition coefficient (Wildman–Crippen LogP) is 4.83. The largest absolute Gasteiger partial charge is 0.497 e. The Labute approximate surface area is 184 Å². The first kappa shape index (κ1) is 21.1. The zero-order valence-electron chi connectivity index (χ0n) is 17.6. The number of aromatic nitrogens is 1. The van der Waals surface area contributed by atoms with Gasteiger partial charge in [-0.15, -0.1) is 11.3 Å². The number of nitrogens with zero attached hydrogens (tertiary/aromatic N) is 2. The number of hydrogen-bond acceptors (Lipinski definition) is 5. The van der Waals surface area contributed by atoms with E-state index in [1.807, 2.05) is 24.4 Å². The molecule has 1 saturated heterocycles. The standard InChI is InChI=1S/C23H24FN3O3S/c1-15-4-6-17(18(24)12-15)23(21-25-9-11-31-21)8-10-27(14-23)22(28)26-19-13-16(29-2)5-7-20(19)30-3/h4-7,9,11-13H,8,10,14H2,1-3H3,(H,26,28). The molecule has 0 aliphatic carbocycles. The number of anilines is 1. The lowest BCUT2D eigenvalue weighted by Gasteiger charge is -2.28. The summed E-state index contributed by atoms with van der Waals surface area (Å²) < 4.78 is 25.6. The van der Waals surface area contributed by atoms with Gasteiger partial charge in [0.25, 0.3) is 0 Å². The Morgan fingerprint density at radius 1 is 1.23 bits per heavy atom. The second kappa shape index (κ2) is 8.55. The Morgan fingerprint density at radius 3 is 2.74 bits per heavy atom. The SMILES string of the molecule is COc1ccc(OC)c(NC(=O)N2CCC(c3nccs3)(c3ccc(C)cc3F)C2)c1. The van der Waals surface area contributed by atoms with Crippen LogP contribution in [0.15, 0.2) is 48.0 Å². The molecular weight excluding hydrogens is 417 g/mol. The summed E-state index contributed by atoms with van der Waals surface area (Å²) in [6, 6.07) is 10.2. The first-order valence-corrected chi connectivity index (χ1v) is 10.8. The highest BCUT2D eigenvalue weighted by atomic mass is 32.1. The summed E-state index contributed by atoms with van der Waals surface area (Å²) in [4.78, 5) is 19.3. The molecule has 2 amide bonds. The van der Waals surface area contributed by atoms with Crippen molar-refractivity contribution in [3.05, 3.63) is 69.9 Å². The number of halogens is 1. The van der Waals surface area contributed by atoms with Crippen molar-refractivity contribution in [1.82, 2.24) is 9.88 Å². The second-order valence-electron chi connectivity index (χ2n) is 7.57. The van der Waals surface area contributed by atoms with Gasteiger partial charge in [0.05, 0.1) is 25.3 Å². The third kappa shape index (κ3) is 3.95. The fourth-order valence-electron chi connectivity index (χ4n) is 4.07. The van der Waals surface area contributed by atoms with Crippen LogP contribution in [0.5, 0.6) is 11.5 Å². The number of carbonyl (C=O) groups is 1. The molecule has 1 aliphatic rings. The lowest BCUT2D eigenvalue weighted by Crippen LogP contribution is -2.38. The van der Waals surface area contributed by atoms with Crippen molar-refractivity contribution in [2.24, 2.45) is 0 Å². The van der Waals surface area contributed by atoms with Crippen LogP contribution in [0.25, 0.3) is 0 Å². The number of carbonyl (C=O) groups excluding carboxylic acids is 1. The van der Waals surface area contributed by atoms with Gasteiger partial charge in [-0.2, -0.15) is 0 Å². The number of ether oxygens (including phenoxy) is 2. The summed E-state index contributed by atoms with van der Waals surface area (Å²) in [5, 5.41) is 5.60. The van der Waals surface area contributed by atoms with Crippen LogP contribution in [0.3, 0.4) is 0 Å². The smallest absolute Gasteiger partial charge is 0.321 e. The summed E-state index contributed by atoms with van der Waals surface area (Å²) in [6.07, 6.45) is 2.31. The Balaban J connectivity index is 1.63. The minimum atomic E-state index is -0.679. The molecule has 1 fully saturated rings. The zero-order chi connectivity index (χ0) is 22.0. The van der Waals surface area contributed by atoms with Crippen molar-refractivity contribution in [3.63, 3.8) is 0 Å². The van der Waals surface area contributed by atoms with Gasteiger partial charge in [0.15, 0.2) is 0 Å². The normalized spacial score (nSPS) is 18.1. The number of nitrogens with one attached hydrogen (secondary N) is 1. The van der Waals surface area contributed by atoms with E-state index in [2.05, 4.69) is 10.3 Å². The molecule has 4 rings (SSSR count). The number of urea groups is 1. The Kier molecular flexibility index (Phi) is 5.82. The maximum Gasteiger partial charge on any atom is 0.321 e. The molecule has 0 radical (unpaired) electrons. The van der Waals surface area contributed by atoms with E-state index in [4.69, 9.17) is 9.47 Å². The van der Waals surface area contributed by atoms with Crippen LogP contribution in [0.1, 0.15) is 22.6 Å². The number of aryl methyl sites for hydroxylation is 1. The third-order valence-electron chi connectivity index (χ3n) is 5.69. The van der Waals surface area contributed by atoms with Crippen LogP contribution < -0.4 is 14.8 Å². The number of amides is 2. The number of hydrogen-bond donors (Lipinski definition) is 1. The first-order valence-electron chi connectivity index (χ1n) is 9.91. The lowest BCUT2D eigenvalue weighted by atomic mass is 9.79. The van der Waals surface area contributed by atoms with Crippen molar-refractivity contribution in [1.29, 1.82) is 0 Å². The minimum Gasteiger partial charge on any atom is -0.497 e. The molecule has 6 nitrogen and oxygen atoms in total. The highest BCUT2D eigenvalue weighted by molar-refractivity contribution is 7.09. The highest BCUT2D eigenvalue weighted by Crippen LogP contribution is 2.43. The van der Waals surface area contributed by atoms with E-state index in [9.17, 15) is 4.79 Å². The third-order valence-corrected chi connectivity index (χ3v) is 6.66. The van der Waals surface area contributed by atoms with E-state index < -0.39 is 5.41 Å². The molecule has 2 heterocycles. The molecule has 1 atom stereocenters. The van der Waals surface area contributed by atoms with Crippen LogP contribution in [0, 0.1) is 12.7 Å². The molecule has 0 bridgehead atoms. The van der Waals surface area contributed by atoms with Gasteiger partial charge >= 0.3 is 6.03 Å². The summed E-state index contributed by atoms with van der Waals surface area (Å²) >= 11 is 1.48. The van der Waals surface area contributed by atoms with Gasteiger partial charge < -0.3 is 19.7 Å². The molecule has 1 N–H and O–H groups in total. The molecule has 1 aromatic heterocycles. The molecule has 2 aromatic carbocycles. The van der Waals surface area contributed by atoms with Gasteiger partial charge in [0.1, 0.15) is 22.3 Å². The highest BCUT2D eigenvalue weighted by Gasteiger charge is 2.46. The number of thiazole rings is 1. The fraction of sp³-hybridized carbons (Fsp3) is 0.304. The molecule has 31 heavy (non-hydrogen) atoms. The maximum atomic E-state index is 15.0. The topological polar surface area (TPSA) is 63.7 Å². The summed E-state index contributed by atoms with van der Waals surface area (Å²) in [5.41, 5.74) is 1.26. The van der Waals surface area contributed by atoms with E-state index in [1.165, 1.54) is 17.4 Å². The average molecular weight is 442 g/mol. The summed E-state index contributed by atoms with van der Waals surface area (Å²) in [6.45, 7) is 2.67. The zero-order valence-corrected chi connectivity index (χ0v) is 18.5. The van der Waals surface area contributed by atoms with E-state index in [0.29, 0.717) is 42.3 Å². The fourth-order valence-corrected chi connectivity index (χ4v) is 4.94. The van der Waals surface area contributed by atoms with Gasteiger partial charge in [-0.3, -0.25) is 0 Å². The van der Waals surface area contributed by atoms with Gasteiger partial charge in [0.2, 0.25) is 0 Å². The second-order valence-corrected chi connectivity index (χ2v) is 8.47. The quantitative estimate of drug-likeness (QED) is 0.616. The number of benzene rings is 2. The molecule has 162 valence electrons. The van der Waals surface area contributed by atoms with Gasteiger partial charge in [-0.05, 0) is 37.1 Å². The maximum absolute atomic E-state index is 15.0. The molecule has 0 saturated carbocycles. The van der Waals surface area contributed by atoms with Gasteiger partial charge in [-0.25, -0.2) is 14.2 Å². The summed E-state index contributed by atoms with van der Waals surface area (Å²) in [7, 11) is 3.10.